The van der Waals surface area contributed by atoms with Gasteiger partial charge in [0.1, 0.15) is 19.0 Å². The van der Waals surface area contributed by atoms with E-state index in [9.17, 15) is 14.0 Å². The molecule has 1 aliphatic rings. The lowest BCUT2D eigenvalue weighted by atomic mass is 10.0. The minimum atomic E-state index is -0.491. The fourth-order valence-corrected chi connectivity index (χ4v) is 4.16. The number of hydrogen-bond donors (Lipinski definition) is 0. The Morgan fingerprint density at radius 2 is 1.69 bits per heavy atom. The second-order valence-corrected chi connectivity index (χ2v) is 8.00. The summed E-state index contributed by atoms with van der Waals surface area (Å²) in [5, 5.41) is 0.275. The van der Waals surface area contributed by atoms with E-state index in [-0.39, 0.29) is 28.9 Å². The molecule has 0 bridgehead atoms. The smallest absolute Gasteiger partial charge is 0.200 e. The molecule has 4 aromatic rings. The number of carbonyl (C=O) groups is 1. The van der Waals surface area contributed by atoms with Gasteiger partial charge in [0.2, 0.25) is 5.43 Å². The van der Waals surface area contributed by atoms with Crippen LogP contribution in [0.2, 0.25) is 0 Å². The first-order valence-corrected chi connectivity index (χ1v) is 11.0. The second-order valence-electron chi connectivity index (χ2n) is 8.00. The third kappa shape index (κ3) is 4.07. The number of halogens is 1. The highest BCUT2D eigenvalue weighted by Gasteiger charge is 2.22. The molecular weight excluding hydrogens is 453 g/mol. The summed E-state index contributed by atoms with van der Waals surface area (Å²) >= 11 is 0. The molecule has 5 rings (SSSR count). The van der Waals surface area contributed by atoms with Crippen molar-refractivity contribution in [1.29, 1.82) is 0 Å². The molecule has 0 atom stereocenters. The van der Waals surface area contributed by atoms with Gasteiger partial charge in [0.25, 0.3) is 0 Å². The maximum absolute atomic E-state index is 14.5. The van der Waals surface area contributed by atoms with Crippen molar-refractivity contribution < 1.29 is 28.1 Å². The first-order chi connectivity index (χ1) is 17.0. The van der Waals surface area contributed by atoms with Gasteiger partial charge in [-0.1, -0.05) is 18.2 Å². The zero-order valence-corrected chi connectivity index (χ0v) is 19.2. The van der Waals surface area contributed by atoms with Crippen molar-refractivity contribution in [1.82, 2.24) is 4.57 Å². The molecule has 35 heavy (non-hydrogen) atoms. The van der Waals surface area contributed by atoms with Crippen molar-refractivity contribution in [3.63, 3.8) is 0 Å². The minimum absolute atomic E-state index is 0.0577. The van der Waals surface area contributed by atoms with Gasteiger partial charge >= 0.3 is 0 Å². The summed E-state index contributed by atoms with van der Waals surface area (Å²) in [6.45, 7) is 0.841. The first kappa shape index (κ1) is 22.5. The van der Waals surface area contributed by atoms with Gasteiger partial charge in [-0.15, -0.1) is 0 Å². The molecule has 0 unspecified atom stereocenters. The van der Waals surface area contributed by atoms with E-state index in [0.29, 0.717) is 47.3 Å². The number of fused-ring (bicyclic) bond motifs is 2. The molecule has 1 aromatic heterocycles. The van der Waals surface area contributed by atoms with Crippen molar-refractivity contribution in [3.8, 4) is 23.0 Å². The summed E-state index contributed by atoms with van der Waals surface area (Å²) in [6, 6.07) is 14.3. The van der Waals surface area contributed by atoms with Crippen LogP contribution in [0.4, 0.5) is 4.39 Å². The summed E-state index contributed by atoms with van der Waals surface area (Å²) in [6.07, 6.45) is 1.46. The Balaban J connectivity index is 1.70. The third-order valence-electron chi connectivity index (χ3n) is 5.93. The lowest BCUT2D eigenvalue weighted by Gasteiger charge is -2.21. The zero-order chi connectivity index (χ0) is 24.5. The molecule has 3 aromatic carbocycles. The summed E-state index contributed by atoms with van der Waals surface area (Å²) < 4.78 is 38.1. The van der Waals surface area contributed by atoms with Crippen LogP contribution < -0.4 is 24.4 Å². The molecule has 0 fully saturated rings. The molecule has 0 amide bonds. The van der Waals surface area contributed by atoms with Gasteiger partial charge in [0.15, 0.2) is 28.8 Å². The second kappa shape index (κ2) is 9.13. The maximum atomic E-state index is 14.5. The number of ether oxygens (including phenoxy) is 4. The number of aromatic nitrogens is 1. The Morgan fingerprint density at radius 1 is 0.971 bits per heavy atom. The predicted octanol–water partition coefficient (Wildman–Crippen LogP) is 4.21. The topological polar surface area (TPSA) is 76.0 Å². The van der Waals surface area contributed by atoms with Crippen LogP contribution in [0.25, 0.3) is 10.9 Å². The molecule has 0 saturated carbocycles. The van der Waals surface area contributed by atoms with Gasteiger partial charge in [-0.2, -0.15) is 0 Å². The van der Waals surface area contributed by atoms with E-state index < -0.39 is 11.2 Å². The molecule has 0 saturated heterocycles. The molecule has 178 valence electrons. The molecule has 0 N–H and O–H groups in total. The number of carbonyl (C=O) groups excluding carboxylic acids is 1. The van der Waals surface area contributed by atoms with E-state index >= 15 is 0 Å². The van der Waals surface area contributed by atoms with Crippen LogP contribution in [0.3, 0.4) is 0 Å². The SMILES string of the molecule is COc1ccc(C(=O)c2cn(Cc3ccccc3F)c3cc4c(cc3c2=O)OCCO4)cc1OC. The summed E-state index contributed by atoms with van der Waals surface area (Å²) in [5.41, 5.74) is 0.664. The normalized spacial score (nSPS) is 12.4. The number of methoxy groups -OCH3 is 2. The van der Waals surface area contributed by atoms with Gasteiger partial charge < -0.3 is 23.5 Å². The van der Waals surface area contributed by atoms with Crippen LogP contribution >= 0.6 is 0 Å². The molecule has 8 heteroatoms. The summed E-state index contributed by atoms with van der Waals surface area (Å²) in [5.74, 6) is 0.867. The van der Waals surface area contributed by atoms with Crippen molar-refractivity contribution >= 4 is 16.7 Å². The van der Waals surface area contributed by atoms with E-state index in [1.54, 1.807) is 47.0 Å². The molecular formula is C27H22FNO6. The van der Waals surface area contributed by atoms with E-state index in [1.807, 2.05) is 0 Å². The molecule has 0 radical (unpaired) electrons. The van der Waals surface area contributed by atoms with Crippen LogP contribution in [0.15, 0.2) is 65.6 Å². The van der Waals surface area contributed by atoms with E-state index in [1.165, 1.54) is 32.5 Å². The fraction of sp³-hybridized carbons (Fsp3) is 0.185. The highest BCUT2D eigenvalue weighted by atomic mass is 19.1. The minimum Gasteiger partial charge on any atom is -0.493 e. The molecule has 0 aliphatic carbocycles. The Labute approximate surface area is 200 Å². The van der Waals surface area contributed by atoms with Crippen LogP contribution in [0.5, 0.6) is 23.0 Å². The molecule has 0 spiro atoms. The van der Waals surface area contributed by atoms with Crippen LogP contribution in [-0.2, 0) is 6.54 Å². The fourth-order valence-electron chi connectivity index (χ4n) is 4.16. The summed E-state index contributed by atoms with van der Waals surface area (Å²) in [4.78, 5) is 27.0. The average Bonchev–Trinajstić information content (AvgIpc) is 2.89. The van der Waals surface area contributed by atoms with Gasteiger partial charge in [0.05, 0.1) is 37.2 Å². The summed E-state index contributed by atoms with van der Waals surface area (Å²) in [7, 11) is 2.96. The molecule has 7 nitrogen and oxygen atoms in total. The Bertz CT molecular complexity index is 1510. The number of benzene rings is 3. The zero-order valence-electron chi connectivity index (χ0n) is 19.2. The lowest BCUT2D eigenvalue weighted by Crippen LogP contribution is -2.22. The van der Waals surface area contributed by atoms with Crippen LogP contribution in [-0.4, -0.2) is 37.8 Å². The largest absolute Gasteiger partial charge is 0.493 e. The van der Waals surface area contributed by atoms with Crippen LogP contribution in [0.1, 0.15) is 21.5 Å². The van der Waals surface area contributed by atoms with Gasteiger partial charge in [-0.05, 0) is 30.3 Å². The monoisotopic (exact) mass is 475 g/mol. The highest BCUT2D eigenvalue weighted by molar-refractivity contribution is 6.10. The number of pyridine rings is 1. The maximum Gasteiger partial charge on any atom is 0.200 e. The predicted molar refractivity (Wildman–Crippen MR) is 128 cm³/mol. The molecule has 2 heterocycles. The van der Waals surface area contributed by atoms with Crippen molar-refractivity contribution in [2.75, 3.05) is 27.4 Å². The van der Waals surface area contributed by atoms with Gasteiger partial charge in [-0.25, -0.2) is 4.39 Å². The molecule has 1 aliphatic heterocycles. The van der Waals surface area contributed by atoms with Gasteiger partial charge in [-0.3, -0.25) is 9.59 Å². The Hall–Kier alpha value is -4.33. The van der Waals surface area contributed by atoms with E-state index in [0.717, 1.165) is 0 Å². The third-order valence-corrected chi connectivity index (χ3v) is 5.93. The number of hydrogen-bond acceptors (Lipinski definition) is 6. The average molecular weight is 475 g/mol. The number of ketones is 1. The highest BCUT2D eigenvalue weighted by Crippen LogP contribution is 2.34. The van der Waals surface area contributed by atoms with E-state index in [4.69, 9.17) is 18.9 Å². The van der Waals surface area contributed by atoms with Crippen LogP contribution in [0, 0.1) is 5.82 Å². The van der Waals surface area contributed by atoms with Gasteiger partial charge in [0, 0.05) is 23.4 Å². The number of rotatable bonds is 6. The number of nitrogens with zero attached hydrogens (tertiary/aromatic N) is 1. The van der Waals surface area contributed by atoms with Crippen molar-refractivity contribution in [2.45, 2.75) is 6.54 Å². The Morgan fingerprint density at radius 3 is 2.40 bits per heavy atom. The van der Waals surface area contributed by atoms with Crippen molar-refractivity contribution in [3.05, 3.63) is 93.5 Å². The lowest BCUT2D eigenvalue weighted by molar-refractivity contribution is 0.103. The van der Waals surface area contributed by atoms with Crippen molar-refractivity contribution in [2.24, 2.45) is 0 Å². The standard InChI is InChI=1S/C27H22FNO6/c1-32-22-8-7-16(11-23(22)33-2)26(30)19-15-29(14-17-5-3-4-6-20(17)28)21-13-25-24(34-9-10-35-25)12-18(21)27(19)31/h3-8,11-13,15H,9-10,14H2,1-2H3. The Kier molecular flexibility index (Phi) is 5.86. The quantitative estimate of drug-likeness (QED) is 0.389. The first-order valence-electron chi connectivity index (χ1n) is 11.0. The van der Waals surface area contributed by atoms with E-state index in [2.05, 4.69) is 0 Å².